The third-order valence-corrected chi connectivity index (χ3v) is 20.6. The SMILES string of the molecule is COc1ccc(C(=O)O[C@H]2CS[C@@H]3CO[Si](C(C)C)(C(C)C)OC[Si](C(C)C)(C(C)C)CO[C@@H]23)c(OC)c1. The first-order valence-corrected chi connectivity index (χ1v) is 19.4. The van der Waals surface area contributed by atoms with Crippen LogP contribution in [-0.4, -0.2) is 79.1 Å². The van der Waals surface area contributed by atoms with Gasteiger partial charge in [-0.1, -0.05) is 55.4 Å². The van der Waals surface area contributed by atoms with Crippen LogP contribution in [0.4, 0.5) is 0 Å². The molecule has 2 aliphatic heterocycles. The summed E-state index contributed by atoms with van der Waals surface area (Å²) in [6, 6.07) is 5.13. The van der Waals surface area contributed by atoms with Gasteiger partial charge in [-0.15, -0.1) is 11.8 Å². The molecule has 0 radical (unpaired) electrons. The lowest BCUT2D eigenvalue weighted by molar-refractivity contribution is -0.0358. The molecule has 0 N–H and O–H groups in total. The average molecular weight is 585 g/mol. The molecular formula is C28H48O7SSi2. The molecular weight excluding hydrogens is 537 g/mol. The highest BCUT2D eigenvalue weighted by molar-refractivity contribution is 8.00. The average Bonchev–Trinajstić information content (AvgIpc) is 3.25. The molecule has 10 heteroatoms. The Morgan fingerprint density at radius 1 is 0.921 bits per heavy atom. The molecule has 0 spiro atoms. The van der Waals surface area contributed by atoms with E-state index in [-0.39, 0.29) is 17.5 Å². The number of hydrogen-bond donors (Lipinski definition) is 0. The highest BCUT2D eigenvalue weighted by Gasteiger charge is 2.53. The molecule has 1 aromatic rings. The van der Waals surface area contributed by atoms with Gasteiger partial charge in [-0.2, -0.15) is 0 Å². The third-order valence-electron chi connectivity index (χ3n) is 8.59. The molecule has 7 nitrogen and oxygen atoms in total. The summed E-state index contributed by atoms with van der Waals surface area (Å²) >= 11 is 1.77. The summed E-state index contributed by atoms with van der Waals surface area (Å²) in [6.07, 6.45) is 0.822. The van der Waals surface area contributed by atoms with Gasteiger partial charge in [0.25, 0.3) is 0 Å². The van der Waals surface area contributed by atoms with Gasteiger partial charge in [0.1, 0.15) is 37.3 Å². The number of thioether (sulfide) groups is 1. The molecule has 0 unspecified atom stereocenters. The fourth-order valence-electron chi connectivity index (χ4n) is 5.74. The highest BCUT2D eigenvalue weighted by Crippen LogP contribution is 2.43. The summed E-state index contributed by atoms with van der Waals surface area (Å²) in [4.78, 5) is 13.3. The first-order chi connectivity index (χ1) is 17.9. The minimum atomic E-state index is -2.51. The van der Waals surface area contributed by atoms with Crippen LogP contribution in [0.15, 0.2) is 18.2 Å². The van der Waals surface area contributed by atoms with Crippen molar-refractivity contribution in [2.45, 2.75) is 95.0 Å². The lowest BCUT2D eigenvalue weighted by Gasteiger charge is -2.46. The van der Waals surface area contributed by atoms with Gasteiger partial charge in [-0.25, -0.2) is 4.79 Å². The van der Waals surface area contributed by atoms with Gasteiger partial charge in [0.05, 0.1) is 26.1 Å². The van der Waals surface area contributed by atoms with E-state index in [1.54, 1.807) is 44.2 Å². The number of methoxy groups -OCH3 is 2. The Labute approximate surface area is 235 Å². The molecule has 2 heterocycles. The van der Waals surface area contributed by atoms with Gasteiger partial charge in [0.15, 0.2) is 0 Å². The van der Waals surface area contributed by atoms with Crippen LogP contribution in [0.5, 0.6) is 11.5 Å². The number of ether oxygens (including phenoxy) is 4. The molecule has 0 aliphatic carbocycles. The monoisotopic (exact) mass is 584 g/mol. The van der Waals surface area contributed by atoms with E-state index in [1.165, 1.54) is 0 Å². The predicted molar refractivity (Wildman–Crippen MR) is 159 cm³/mol. The highest BCUT2D eigenvalue weighted by atomic mass is 32.2. The van der Waals surface area contributed by atoms with E-state index in [0.717, 1.165) is 6.23 Å². The molecule has 3 atom stereocenters. The lowest BCUT2D eigenvalue weighted by atomic mass is 10.1. The maximum absolute atomic E-state index is 13.3. The van der Waals surface area contributed by atoms with Gasteiger partial charge < -0.3 is 27.8 Å². The van der Waals surface area contributed by atoms with Crippen LogP contribution in [-0.2, 0) is 18.3 Å². The van der Waals surface area contributed by atoms with Crippen LogP contribution in [0.1, 0.15) is 65.7 Å². The summed E-state index contributed by atoms with van der Waals surface area (Å²) in [5.74, 6) is 1.31. The number of rotatable bonds is 8. The molecule has 3 rings (SSSR count). The summed E-state index contributed by atoms with van der Waals surface area (Å²) in [7, 11) is -1.44. The lowest BCUT2D eigenvalue weighted by Crippen LogP contribution is -2.60. The molecule has 0 saturated carbocycles. The Morgan fingerprint density at radius 3 is 2.13 bits per heavy atom. The fourth-order valence-corrected chi connectivity index (χ4v) is 15.6. The molecule has 2 fully saturated rings. The Kier molecular flexibility index (Phi) is 10.8. The second kappa shape index (κ2) is 13.1. The van der Waals surface area contributed by atoms with E-state index in [2.05, 4.69) is 55.4 Å². The van der Waals surface area contributed by atoms with Crippen molar-refractivity contribution in [1.29, 1.82) is 0 Å². The second-order valence-corrected chi connectivity index (χ2v) is 22.8. The van der Waals surface area contributed by atoms with Gasteiger partial charge in [-0.3, -0.25) is 0 Å². The van der Waals surface area contributed by atoms with Crippen LogP contribution >= 0.6 is 11.8 Å². The van der Waals surface area contributed by atoms with Crippen molar-refractivity contribution in [3.63, 3.8) is 0 Å². The Hall–Kier alpha value is -1.05. The standard InChI is InChI=1S/C28H48O7SSi2/c1-18(2)37(19(3)4)16-32-27-25(35-28(29)23-12-11-22(30-9)13-24(23)31-10)15-36-26(27)14-33-38(20(5)6,21(7)8)34-17-37/h11-13,18-21,25-27H,14-17H2,1-10H3/t25-,26+,27-/m0/s1. The minimum absolute atomic E-state index is 0.0719. The normalized spacial score (nSPS) is 25.5. The minimum Gasteiger partial charge on any atom is -0.497 e. The summed E-state index contributed by atoms with van der Waals surface area (Å²) in [5.41, 5.74) is 1.99. The van der Waals surface area contributed by atoms with E-state index in [4.69, 9.17) is 27.8 Å². The van der Waals surface area contributed by atoms with Crippen molar-refractivity contribution >= 4 is 34.4 Å². The molecule has 2 aliphatic rings. The Balaban J connectivity index is 1.92. The van der Waals surface area contributed by atoms with Crippen molar-refractivity contribution in [3.8, 4) is 11.5 Å². The Morgan fingerprint density at radius 2 is 1.58 bits per heavy atom. The van der Waals surface area contributed by atoms with Crippen LogP contribution in [0.25, 0.3) is 0 Å². The van der Waals surface area contributed by atoms with Crippen LogP contribution in [0.2, 0.25) is 22.2 Å². The molecule has 0 aromatic heterocycles. The fraction of sp³-hybridized carbons (Fsp3) is 0.750. The smallest absolute Gasteiger partial charge is 0.343 e. The van der Waals surface area contributed by atoms with Crippen molar-refractivity contribution in [3.05, 3.63) is 23.8 Å². The zero-order chi connectivity index (χ0) is 28.3. The number of benzene rings is 1. The topological polar surface area (TPSA) is 72.5 Å². The van der Waals surface area contributed by atoms with Gasteiger partial charge >= 0.3 is 14.5 Å². The number of carbonyl (C=O) groups excluding carboxylic acids is 1. The Bertz CT molecular complexity index is 924. The predicted octanol–water partition coefficient (Wildman–Crippen LogP) is 6.39. The van der Waals surface area contributed by atoms with E-state index < -0.39 is 22.6 Å². The second-order valence-electron chi connectivity index (χ2n) is 11.8. The maximum Gasteiger partial charge on any atom is 0.343 e. The zero-order valence-electron chi connectivity index (χ0n) is 24.9. The molecule has 38 heavy (non-hydrogen) atoms. The molecule has 1 aromatic carbocycles. The van der Waals surface area contributed by atoms with Crippen LogP contribution < -0.4 is 9.47 Å². The largest absolute Gasteiger partial charge is 0.497 e. The molecule has 0 bridgehead atoms. The molecule has 216 valence electrons. The number of esters is 1. The summed E-state index contributed by atoms with van der Waals surface area (Å²) in [5, 5.41) is 0.0719. The summed E-state index contributed by atoms with van der Waals surface area (Å²) < 4.78 is 37.5. The quantitative estimate of drug-likeness (QED) is 0.257. The number of fused-ring (bicyclic) bond motifs is 1. The number of carbonyl (C=O) groups is 1. The van der Waals surface area contributed by atoms with E-state index in [1.807, 2.05) is 0 Å². The molecule has 0 amide bonds. The van der Waals surface area contributed by atoms with E-state index in [0.29, 0.717) is 57.8 Å². The van der Waals surface area contributed by atoms with Crippen molar-refractivity contribution in [1.82, 2.24) is 0 Å². The maximum atomic E-state index is 13.3. The van der Waals surface area contributed by atoms with Crippen molar-refractivity contribution in [2.75, 3.05) is 39.0 Å². The van der Waals surface area contributed by atoms with E-state index >= 15 is 0 Å². The van der Waals surface area contributed by atoms with Crippen LogP contribution in [0.3, 0.4) is 0 Å². The van der Waals surface area contributed by atoms with Crippen molar-refractivity contribution < 1.29 is 32.6 Å². The first kappa shape index (κ1) is 31.5. The van der Waals surface area contributed by atoms with Gasteiger partial charge in [0.2, 0.25) is 0 Å². The van der Waals surface area contributed by atoms with Gasteiger partial charge in [-0.05, 0) is 34.3 Å². The summed E-state index contributed by atoms with van der Waals surface area (Å²) in [6.45, 7) is 18.8. The van der Waals surface area contributed by atoms with Crippen LogP contribution in [0, 0.1) is 0 Å². The van der Waals surface area contributed by atoms with Crippen molar-refractivity contribution in [2.24, 2.45) is 0 Å². The van der Waals surface area contributed by atoms with Gasteiger partial charge in [0, 0.05) is 24.3 Å². The zero-order valence-corrected chi connectivity index (χ0v) is 27.7. The third kappa shape index (κ3) is 6.30. The number of hydrogen-bond acceptors (Lipinski definition) is 8. The molecule has 2 saturated heterocycles. The van der Waals surface area contributed by atoms with E-state index in [9.17, 15) is 4.79 Å². The first-order valence-electron chi connectivity index (χ1n) is 13.9.